The maximum atomic E-state index is 4.21. The van der Waals surface area contributed by atoms with Crippen molar-refractivity contribution in [2.45, 2.75) is 19.9 Å². The van der Waals surface area contributed by atoms with Crippen molar-refractivity contribution < 1.29 is 0 Å². The zero-order valence-electron chi connectivity index (χ0n) is 12.7. The molecule has 0 spiro atoms. The van der Waals surface area contributed by atoms with E-state index in [4.69, 9.17) is 0 Å². The van der Waals surface area contributed by atoms with Gasteiger partial charge in [0.1, 0.15) is 10.0 Å². The van der Waals surface area contributed by atoms with Crippen LogP contribution in [0.2, 0.25) is 0 Å². The first-order valence-electron chi connectivity index (χ1n) is 7.48. The van der Waals surface area contributed by atoms with Crippen LogP contribution in [0, 0.1) is 12.8 Å². The topological polar surface area (TPSA) is 32.3 Å². The van der Waals surface area contributed by atoms with Crippen LogP contribution in [-0.2, 0) is 6.54 Å². The molecule has 2 aromatic rings. The van der Waals surface area contributed by atoms with Gasteiger partial charge in [0, 0.05) is 25.3 Å². The van der Waals surface area contributed by atoms with Crippen molar-refractivity contribution >= 4 is 17.0 Å². The molecule has 5 heteroatoms. The molecule has 0 radical (unpaired) electrons. The largest absolute Gasteiger partial charge is 0.371 e. The van der Waals surface area contributed by atoms with Crippen LogP contribution in [0.4, 0.5) is 5.69 Å². The second-order valence-electron chi connectivity index (χ2n) is 5.85. The number of nitrogens with zero attached hydrogens (tertiary/aromatic N) is 4. The lowest BCUT2D eigenvalue weighted by molar-refractivity contribution is 0.278. The molecule has 1 fully saturated rings. The fraction of sp³-hybridized carbons (Fsp3) is 0.500. The molecule has 0 saturated carbocycles. The molecular weight excluding hydrogens is 280 g/mol. The van der Waals surface area contributed by atoms with Gasteiger partial charge < -0.3 is 4.90 Å². The Balaban J connectivity index is 1.50. The number of benzene rings is 1. The van der Waals surface area contributed by atoms with Gasteiger partial charge in [-0.2, -0.15) is 0 Å². The first-order valence-corrected chi connectivity index (χ1v) is 8.30. The third kappa shape index (κ3) is 3.80. The Morgan fingerprint density at radius 3 is 2.81 bits per heavy atom. The number of anilines is 1. The highest BCUT2D eigenvalue weighted by molar-refractivity contribution is 7.11. The van der Waals surface area contributed by atoms with Gasteiger partial charge in [-0.15, -0.1) is 21.5 Å². The van der Waals surface area contributed by atoms with Gasteiger partial charge in [-0.05, 0) is 38.4 Å². The van der Waals surface area contributed by atoms with Gasteiger partial charge >= 0.3 is 0 Å². The molecule has 4 nitrogen and oxygen atoms in total. The Kier molecular flexibility index (Phi) is 4.51. The number of hydrogen-bond acceptors (Lipinski definition) is 5. The van der Waals surface area contributed by atoms with E-state index < -0.39 is 0 Å². The molecule has 21 heavy (non-hydrogen) atoms. The van der Waals surface area contributed by atoms with Crippen LogP contribution in [0.25, 0.3) is 0 Å². The molecule has 0 aliphatic carbocycles. The van der Waals surface area contributed by atoms with Crippen LogP contribution in [0.5, 0.6) is 0 Å². The number of hydrogen-bond donors (Lipinski definition) is 0. The van der Waals surface area contributed by atoms with E-state index in [1.807, 2.05) is 6.92 Å². The summed E-state index contributed by atoms with van der Waals surface area (Å²) in [6, 6.07) is 10.7. The van der Waals surface area contributed by atoms with E-state index in [9.17, 15) is 0 Å². The molecule has 1 atom stereocenters. The summed E-state index contributed by atoms with van der Waals surface area (Å²) in [4.78, 5) is 4.87. The summed E-state index contributed by atoms with van der Waals surface area (Å²) in [5.41, 5.74) is 1.35. The molecule has 112 valence electrons. The van der Waals surface area contributed by atoms with Gasteiger partial charge in [-0.3, -0.25) is 4.90 Å². The minimum absolute atomic E-state index is 0.740. The summed E-state index contributed by atoms with van der Waals surface area (Å²) in [6.07, 6.45) is 1.27. The van der Waals surface area contributed by atoms with Crippen LogP contribution in [0.15, 0.2) is 30.3 Å². The lowest BCUT2D eigenvalue weighted by Crippen LogP contribution is -2.28. The van der Waals surface area contributed by atoms with Crippen molar-refractivity contribution in [1.29, 1.82) is 0 Å². The van der Waals surface area contributed by atoms with Gasteiger partial charge in [0.2, 0.25) is 0 Å². The summed E-state index contributed by atoms with van der Waals surface area (Å²) in [5.74, 6) is 0.740. The number of rotatable bonds is 5. The number of aryl methyl sites for hydroxylation is 1. The third-order valence-electron chi connectivity index (χ3n) is 3.95. The average Bonchev–Trinajstić information content (AvgIpc) is 3.09. The smallest absolute Gasteiger partial charge is 0.131 e. The van der Waals surface area contributed by atoms with E-state index in [0.29, 0.717) is 0 Å². The number of aromatic nitrogens is 2. The van der Waals surface area contributed by atoms with Crippen molar-refractivity contribution in [2.24, 2.45) is 5.92 Å². The SMILES string of the molecule is Cc1nnc(CN(C)C[C@H]2CCN(c3ccccc3)C2)s1. The van der Waals surface area contributed by atoms with E-state index in [0.717, 1.165) is 35.6 Å². The monoisotopic (exact) mass is 302 g/mol. The van der Waals surface area contributed by atoms with Gasteiger partial charge in [0.05, 0.1) is 6.54 Å². The average molecular weight is 302 g/mol. The first kappa shape index (κ1) is 14.5. The van der Waals surface area contributed by atoms with E-state index in [1.165, 1.54) is 18.7 Å². The van der Waals surface area contributed by atoms with E-state index >= 15 is 0 Å². The third-order valence-corrected chi connectivity index (χ3v) is 4.77. The Labute approximate surface area is 130 Å². The van der Waals surface area contributed by atoms with Crippen molar-refractivity contribution in [3.63, 3.8) is 0 Å². The molecule has 2 heterocycles. The van der Waals surface area contributed by atoms with E-state index in [-0.39, 0.29) is 0 Å². The van der Waals surface area contributed by atoms with Crippen LogP contribution in [-0.4, -0.2) is 41.8 Å². The quantitative estimate of drug-likeness (QED) is 0.850. The Hall–Kier alpha value is -1.46. The number of para-hydroxylation sites is 1. The highest BCUT2D eigenvalue weighted by Crippen LogP contribution is 2.24. The molecule has 0 unspecified atom stereocenters. The first-order chi connectivity index (χ1) is 10.2. The lowest BCUT2D eigenvalue weighted by atomic mass is 10.1. The molecule has 1 aromatic heterocycles. The zero-order chi connectivity index (χ0) is 14.7. The minimum Gasteiger partial charge on any atom is -0.371 e. The summed E-state index contributed by atoms with van der Waals surface area (Å²) in [5, 5.41) is 10.5. The predicted molar refractivity (Wildman–Crippen MR) is 87.7 cm³/mol. The summed E-state index contributed by atoms with van der Waals surface area (Å²) in [6.45, 7) is 6.37. The fourth-order valence-electron chi connectivity index (χ4n) is 2.99. The van der Waals surface area contributed by atoms with Gasteiger partial charge in [-0.1, -0.05) is 18.2 Å². The van der Waals surface area contributed by atoms with Gasteiger partial charge in [0.15, 0.2) is 0 Å². The van der Waals surface area contributed by atoms with Gasteiger partial charge in [-0.25, -0.2) is 0 Å². The van der Waals surface area contributed by atoms with Crippen LogP contribution < -0.4 is 4.90 Å². The fourth-order valence-corrected chi connectivity index (χ4v) is 3.78. The Morgan fingerprint density at radius 1 is 1.29 bits per heavy atom. The minimum atomic E-state index is 0.740. The molecule has 1 saturated heterocycles. The standard InChI is InChI=1S/C16H22N4S/c1-13-17-18-16(21-13)12-19(2)10-14-8-9-20(11-14)15-6-4-3-5-7-15/h3-7,14H,8-12H2,1-2H3/t14-/m1/s1. The summed E-state index contributed by atoms with van der Waals surface area (Å²) >= 11 is 1.70. The maximum absolute atomic E-state index is 4.21. The molecule has 0 amide bonds. The van der Waals surface area contributed by atoms with Crippen molar-refractivity contribution in [2.75, 3.05) is 31.6 Å². The Bertz CT molecular complexity index is 569. The molecule has 1 aliphatic heterocycles. The Morgan fingerprint density at radius 2 is 2.10 bits per heavy atom. The molecular formula is C16H22N4S. The van der Waals surface area contributed by atoms with Crippen molar-refractivity contribution in [1.82, 2.24) is 15.1 Å². The van der Waals surface area contributed by atoms with Crippen LogP contribution in [0.3, 0.4) is 0 Å². The highest BCUT2D eigenvalue weighted by Gasteiger charge is 2.23. The molecule has 1 aromatic carbocycles. The lowest BCUT2D eigenvalue weighted by Gasteiger charge is -2.21. The molecule has 3 rings (SSSR count). The second kappa shape index (κ2) is 6.54. The van der Waals surface area contributed by atoms with Crippen molar-refractivity contribution in [3.8, 4) is 0 Å². The van der Waals surface area contributed by atoms with Crippen LogP contribution in [0.1, 0.15) is 16.4 Å². The molecule has 0 bridgehead atoms. The van der Waals surface area contributed by atoms with E-state index in [1.54, 1.807) is 11.3 Å². The highest BCUT2D eigenvalue weighted by atomic mass is 32.1. The van der Waals surface area contributed by atoms with Crippen molar-refractivity contribution in [3.05, 3.63) is 40.3 Å². The van der Waals surface area contributed by atoms with Crippen LogP contribution >= 0.6 is 11.3 Å². The molecule has 0 N–H and O–H groups in total. The summed E-state index contributed by atoms with van der Waals surface area (Å²) in [7, 11) is 2.18. The zero-order valence-corrected chi connectivity index (χ0v) is 13.5. The molecule has 1 aliphatic rings. The maximum Gasteiger partial charge on any atom is 0.131 e. The predicted octanol–water partition coefficient (Wildman–Crippen LogP) is 2.80. The normalized spacial score (nSPS) is 18.6. The summed E-state index contributed by atoms with van der Waals surface area (Å²) < 4.78 is 0. The van der Waals surface area contributed by atoms with Gasteiger partial charge in [0.25, 0.3) is 0 Å². The van der Waals surface area contributed by atoms with E-state index in [2.05, 4.69) is 57.4 Å². The second-order valence-corrected chi connectivity index (χ2v) is 7.11.